The number of fused-ring (bicyclic) bond motifs is 3. The molecule has 0 atom stereocenters. The summed E-state index contributed by atoms with van der Waals surface area (Å²) in [5, 5.41) is 5.66. The fourth-order valence-electron chi connectivity index (χ4n) is 4.04. The highest BCUT2D eigenvalue weighted by Crippen LogP contribution is 2.35. The van der Waals surface area contributed by atoms with Crippen LogP contribution in [-0.2, 0) is 6.54 Å². The molecule has 1 aromatic carbocycles. The number of rotatable bonds is 2. The number of aryl methyl sites for hydroxylation is 1. The van der Waals surface area contributed by atoms with E-state index in [1.807, 2.05) is 27.8 Å². The third-order valence-corrected chi connectivity index (χ3v) is 6.91. The van der Waals surface area contributed by atoms with Crippen molar-refractivity contribution in [3.63, 3.8) is 0 Å². The second kappa shape index (κ2) is 7.22. The number of carbonyl (C=O) groups excluding carboxylic acids is 1. The Morgan fingerprint density at radius 1 is 1.07 bits per heavy atom. The molecule has 2 aliphatic heterocycles. The summed E-state index contributed by atoms with van der Waals surface area (Å²) in [4.78, 5) is 25.6. The molecule has 1 fully saturated rings. The predicted octanol–water partition coefficient (Wildman–Crippen LogP) is 3.92. The van der Waals surface area contributed by atoms with Crippen LogP contribution in [0, 0.1) is 13.8 Å². The van der Waals surface area contributed by atoms with Crippen LogP contribution < -0.4 is 0 Å². The minimum atomic E-state index is -0.0657. The lowest BCUT2D eigenvalue weighted by atomic mass is 10.00. The van der Waals surface area contributed by atoms with Crippen molar-refractivity contribution >= 4 is 23.0 Å². The fraction of sp³-hybridized carbons (Fsp3) is 0.364. The largest absolute Gasteiger partial charge is 0.336 e. The van der Waals surface area contributed by atoms with Crippen LogP contribution >= 0.6 is 11.3 Å². The molecular weight excluding hydrogens is 382 g/mol. The lowest BCUT2D eigenvalue weighted by Crippen LogP contribution is -2.36. The lowest BCUT2D eigenvalue weighted by molar-refractivity contribution is 0.0712. The number of aromatic nitrogens is 3. The third kappa shape index (κ3) is 3.09. The summed E-state index contributed by atoms with van der Waals surface area (Å²) in [5.74, 6) is 0.942. The van der Waals surface area contributed by atoms with Crippen molar-refractivity contribution in [1.29, 1.82) is 0 Å². The van der Waals surface area contributed by atoms with Gasteiger partial charge in [0.25, 0.3) is 5.91 Å². The normalized spacial score (nSPS) is 16.1. The number of aliphatic imine (C=N–C) groups is 1. The number of thiophene rings is 1. The Bertz CT molecular complexity index is 1110. The van der Waals surface area contributed by atoms with Crippen molar-refractivity contribution in [3.8, 4) is 5.00 Å². The summed E-state index contributed by atoms with van der Waals surface area (Å²) in [6.45, 7) is 6.24. The van der Waals surface area contributed by atoms with Gasteiger partial charge in [-0.2, -0.15) is 0 Å². The second-order valence-electron chi connectivity index (χ2n) is 7.61. The number of hydrogen-bond acceptors (Lipinski definition) is 5. The minimum absolute atomic E-state index is 0.0657. The average molecular weight is 406 g/mol. The molecule has 3 aromatic rings. The van der Waals surface area contributed by atoms with Crippen molar-refractivity contribution in [3.05, 3.63) is 63.5 Å². The zero-order valence-electron chi connectivity index (χ0n) is 16.7. The second-order valence-corrected chi connectivity index (χ2v) is 8.81. The van der Waals surface area contributed by atoms with E-state index in [1.165, 1.54) is 16.9 Å². The predicted molar refractivity (Wildman–Crippen MR) is 114 cm³/mol. The molecule has 1 amide bonds. The molecule has 2 aliphatic rings. The van der Waals surface area contributed by atoms with E-state index in [4.69, 9.17) is 4.99 Å². The van der Waals surface area contributed by atoms with Crippen LogP contribution in [0.4, 0.5) is 0 Å². The lowest BCUT2D eigenvalue weighted by Gasteiger charge is -2.25. The van der Waals surface area contributed by atoms with Crippen molar-refractivity contribution < 1.29 is 4.79 Å². The minimum Gasteiger partial charge on any atom is -0.336 e. The van der Waals surface area contributed by atoms with Gasteiger partial charge in [0.05, 0.1) is 12.3 Å². The Labute approximate surface area is 173 Å². The number of benzene rings is 1. The summed E-state index contributed by atoms with van der Waals surface area (Å²) in [7, 11) is 0. The van der Waals surface area contributed by atoms with Crippen LogP contribution in [0.25, 0.3) is 5.00 Å². The fourth-order valence-corrected chi connectivity index (χ4v) is 5.17. The van der Waals surface area contributed by atoms with Gasteiger partial charge in [0.15, 0.2) is 5.82 Å². The standard InChI is InChI=1S/C22H23N5OS/c1-14-15(2)29-22-18(14)19(16-9-5-3-6-10-16)23-13-17-24-20(25-27(17)22)21(28)26-11-7-4-8-12-26/h3,5-6,9-10H,4,7-8,11-13H2,1-2H3. The molecule has 1 saturated heterocycles. The highest BCUT2D eigenvalue weighted by molar-refractivity contribution is 7.15. The first-order chi connectivity index (χ1) is 14.1. The van der Waals surface area contributed by atoms with Gasteiger partial charge in [-0.15, -0.1) is 16.4 Å². The molecule has 0 bridgehead atoms. The van der Waals surface area contributed by atoms with E-state index < -0.39 is 0 Å². The molecule has 5 rings (SSSR count). The van der Waals surface area contributed by atoms with E-state index in [1.54, 1.807) is 11.3 Å². The zero-order valence-corrected chi connectivity index (χ0v) is 17.5. The number of amides is 1. The number of piperidine rings is 1. The van der Waals surface area contributed by atoms with Gasteiger partial charge in [-0.1, -0.05) is 30.3 Å². The monoisotopic (exact) mass is 405 g/mol. The van der Waals surface area contributed by atoms with Gasteiger partial charge in [-0.05, 0) is 38.7 Å². The molecule has 0 radical (unpaired) electrons. The summed E-state index contributed by atoms with van der Waals surface area (Å²) in [6.07, 6.45) is 3.29. The van der Waals surface area contributed by atoms with Crippen molar-refractivity contribution in [2.45, 2.75) is 39.7 Å². The maximum absolute atomic E-state index is 12.9. The molecule has 29 heavy (non-hydrogen) atoms. The Morgan fingerprint density at radius 3 is 2.59 bits per heavy atom. The van der Waals surface area contributed by atoms with Gasteiger partial charge in [0, 0.05) is 29.1 Å². The van der Waals surface area contributed by atoms with Crippen LogP contribution in [0.1, 0.15) is 57.3 Å². The van der Waals surface area contributed by atoms with Gasteiger partial charge in [-0.25, -0.2) is 9.67 Å². The highest BCUT2D eigenvalue weighted by Gasteiger charge is 2.29. The smallest absolute Gasteiger partial charge is 0.293 e. The summed E-state index contributed by atoms with van der Waals surface area (Å²) in [5.41, 5.74) is 4.36. The molecule has 0 aliphatic carbocycles. The van der Waals surface area contributed by atoms with Crippen LogP contribution in [0.3, 0.4) is 0 Å². The summed E-state index contributed by atoms with van der Waals surface area (Å²) in [6, 6.07) is 10.2. The van der Waals surface area contributed by atoms with E-state index >= 15 is 0 Å². The SMILES string of the molecule is Cc1sc2c(c1C)C(c1ccccc1)=NCc1nc(C(=O)N3CCCCC3)nn1-2. The Hall–Kier alpha value is -2.80. The quantitative estimate of drug-likeness (QED) is 0.649. The van der Waals surface area contributed by atoms with Crippen LogP contribution in [0.5, 0.6) is 0 Å². The molecule has 0 unspecified atom stereocenters. The summed E-state index contributed by atoms with van der Waals surface area (Å²) < 4.78 is 1.84. The van der Waals surface area contributed by atoms with E-state index in [0.717, 1.165) is 53.6 Å². The number of likely N-dealkylation sites (tertiary alicyclic amines) is 1. The molecule has 7 heteroatoms. The molecular formula is C22H23N5OS. The van der Waals surface area contributed by atoms with E-state index in [9.17, 15) is 4.79 Å². The maximum atomic E-state index is 12.9. The van der Waals surface area contributed by atoms with E-state index in [-0.39, 0.29) is 11.7 Å². The number of nitrogens with zero attached hydrogens (tertiary/aromatic N) is 5. The first kappa shape index (κ1) is 18.2. The van der Waals surface area contributed by atoms with E-state index in [2.05, 4.69) is 36.1 Å². The number of carbonyl (C=O) groups is 1. The molecule has 0 spiro atoms. The van der Waals surface area contributed by atoms with Crippen molar-refractivity contribution in [2.24, 2.45) is 4.99 Å². The maximum Gasteiger partial charge on any atom is 0.293 e. The Balaban J connectivity index is 1.60. The molecule has 0 saturated carbocycles. The van der Waals surface area contributed by atoms with Gasteiger partial charge in [-0.3, -0.25) is 9.79 Å². The van der Waals surface area contributed by atoms with E-state index in [0.29, 0.717) is 6.54 Å². The molecule has 6 nitrogen and oxygen atoms in total. The first-order valence-electron chi connectivity index (χ1n) is 10.1. The number of hydrogen-bond donors (Lipinski definition) is 0. The van der Waals surface area contributed by atoms with Crippen molar-refractivity contribution in [2.75, 3.05) is 13.1 Å². The zero-order chi connectivity index (χ0) is 20.0. The van der Waals surface area contributed by atoms with Gasteiger partial charge >= 0.3 is 0 Å². The van der Waals surface area contributed by atoms with Crippen molar-refractivity contribution in [1.82, 2.24) is 19.7 Å². The van der Waals surface area contributed by atoms with Crippen LogP contribution in [-0.4, -0.2) is 44.4 Å². The van der Waals surface area contributed by atoms with Gasteiger partial charge in [0.1, 0.15) is 5.00 Å². The molecule has 2 aromatic heterocycles. The average Bonchev–Trinajstić information content (AvgIpc) is 3.27. The van der Waals surface area contributed by atoms with Crippen LogP contribution in [0.15, 0.2) is 35.3 Å². The Kier molecular flexibility index (Phi) is 4.54. The molecule has 148 valence electrons. The van der Waals surface area contributed by atoms with Gasteiger partial charge in [0.2, 0.25) is 5.82 Å². The summed E-state index contributed by atoms with van der Waals surface area (Å²) >= 11 is 1.69. The molecule has 0 N–H and O–H groups in total. The van der Waals surface area contributed by atoms with Crippen LogP contribution in [0.2, 0.25) is 0 Å². The third-order valence-electron chi connectivity index (χ3n) is 5.73. The Morgan fingerprint density at radius 2 is 1.83 bits per heavy atom. The topological polar surface area (TPSA) is 63.4 Å². The van der Waals surface area contributed by atoms with Gasteiger partial charge < -0.3 is 4.90 Å². The first-order valence-corrected chi connectivity index (χ1v) is 10.9. The highest BCUT2D eigenvalue weighted by atomic mass is 32.1. The molecule has 4 heterocycles.